The van der Waals surface area contributed by atoms with Crippen molar-refractivity contribution in [3.63, 3.8) is 0 Å². The van der Waals surface area contributed by atoms with Gasteiger partial charge in [-0.05, 0) is 92.8 Å². The van der Waals surface area contributed by atoms with Gasteiger partial charge in [0.2, 0.25) is 5.95 Å². The highest BCUT2D eigenvalue weighted by atomic mass is 16.5. The molecule has 12 nitrogen and oxygen atoms in total. The molecule has 3 aliphatic rings. The van der Waals surface area contributed by atoms with Crippen LogP contribution < -0.4 is 26.0 Å². The van der Waals surface area contributed by atoms with Crippen molar-refractivity contribution in [2.24, 2.45) is 16.1 Å². The maximum absolute atomic E-state index is 13.7. The smallest absolute Gasteiger partial charge is 0.320 e. The van der Waals surface area contributed by atoms with Crippen molar-refractivity contribution in [1.29, 1.82) is 0 Å². The van der Waals surface area contributed by atoms with Crippen molar-refractivity contribution in [3.05, 3.63) is 95.3 Å². The van der Waals surface area contributed by atoms with Crippen molar-refractivity contribution < 1.29 is 14.3 Å². The van der Waals surface area contributed by atoms with Crippen molar-refractivity contribution in [2.45, 2.75) is 90.8 Å². The first-order chi connectivity index (χ1) is 26.6. The molecule has 0 unspecified atom stereocenters. The van der Waals surface area contributed by atoms with Gasteiger partial charge >= 0.3 is 6.03 Å². The van der Waals surface area contributed by atoms with Gasteiger partial charge in [-0.1, -0.05) is 57.2 Å². The molecule has 7 rings (SSSR count). The summed E-state index contributed by atoms with van der Waals surface area (Å²) in [6.45, 7) is 13.9. The molecule has 0 saturated carbocycles. The Morgan fingerprint density at radius 3 is 2.67 bits per heavy atom. The minimum absolute atomic E-state index is 0.171. The van der Waals surface area contributed by atoms with E-state index in [0.29, 0.717) is 24.0 Å². The van der Waals surface area contributed by atoms with Gasteiger partial charge in [-0.25, -0.2) is 9.79 Å². The van der Waals surface area contributed by atoms with Gasteiger partial charge < -0.3 is 30.3 Å². The SMILES string of the molecule is C[C@H]1CCCCN1c1nnc2ccc(O[C@@H]3CC[C@H](NC(=O)NC(/C=C(\N)C(C)(C)C)=Nc4cccc(CCN5CCCOCC5)c4)c4ccccc43)cn12. The molecule has 4 N–H and O–H groups in total. The topological polar surface area (TPSA) is 135 Å². The van der Waals surface area contributed by atoms with E-state index in [4.69, 9.17) is 20.2 Å². The number of ether oxygens (including phenoxy) is 2. The summed E-state index contributed by atoms with van der Waals surface area (Å²) < 4.78 is 14.4. The molecule has 2 saturated heterocycles. The Labute approximate surface area is 325 Å². The van der Waals surface area contributed by atoms with Crippen LogP contribution in [0.3, 0.4) is 0 Å². The van der Waals surface area contributed by atoms with E-state index in [2.05, 4.69) is 61.8 Å². The van der Waals surface area contributed by atoms with Crippen molar-refractivity contribution >= 4 is 29.1 Å². The van der Waals surface area contributed by atoms with E-state index in [1.165, 1.54) is 12.0 Å². The molecule has 12 heteroatoms. The number of nitrogens with two attached hydrogens (primary N) is 1. The number of urea groups is 1. The number of pyridine rings is 1. The largest absolute Gasteiger partial charge is 0.484 e. The highest BCUT2D eigenvalue weighted by Gasteiger charge is 2.30. The standard InChI is InChI=1S/C43H57N9O3/c1-30-11-7-8-22-51(30)42-49-48-40-19-16-33(29-52(40)42)55-37-18-17-36(34-14-5-6-15-35(34)37)46-41(53)47-39(28-38(44)43(2,3)4)45-32-13-9-12-31(27-32)20-23-50-21-10-25-54-26-24-50/h5-6,9,12-16,19,27-30,36-37H,7-8,10-11,17-18,20-26,44H2,1-4H3,(H2,45,46,47,53)/b38-28-/t30-,36-,37+/m0/s1. The lowest BCUT2D eigenvalue weighted by Gasteiger charge is -2.33. The summed E-state index contributed by atoms with van der Waals surface area (Å²) in [5.74, 6) is 2.01. The monoisotopic (exact) mass is 747 g/mol. The third kappa shape index (κ3) is 9.66. The molecule has 4 aromatic rings. The van der Waals surface area contributed by atoms with Crippen LogP contribution in [0.25, 0.3) is 5.65 Å². The summed E-state index contributed by atoms with van der Waals surface area (Å²) in [4.78, 5) is 23.4. The summed E-state index contributed by atoms with van der Waals surface area (Å²) in [7, 11) is 0. The first-order valence-electron chi connectivity index (χ1n) is 20.0. The van der Waals surface area contributed by atoms with Crippen LogP contribution in [-0.4, -0.2) is 76.8 Å². The fourth-order valence-electron chi connectivity index (χ4n) is 7.71. The Morgan fingerprint density at radius 1 is 0.982 bits per heavy atom. The van der Waals surface area contributed by atoms with E-state index in [0.717, 1.165) is 106 Å². The Balaban J connectivity index is 1.05. The summed E-state index contributed by atoms with van der Waals surface area (Å²) in [5, 5.41) is 15.2. The molecular weight excluding hydrogens is 691 g/mol. The first-order valence-corrected chi connectivity index (χ1v) is 20.0. The highest BCUT2D eigenvalue weighted by molar-refractivity contribution is 6.05. The molecule has 2 amide bonds. The molecule has 1 aliphatic carbocycles. The number of aliphatic imine (C=N–C) groups is 1. The number of carbonyl (C=O) groups is 1. The van der Waals surface area contributed by atoms with Crippen LogP contribution in [-0.2, 0) is 11.2 Å². The van der Waals surface area contributed by atoms with Gasteiger partial charge in [-0.2, -0.15) is 0 Å². The maximum atomic E-state index is 13.7. The Kier molecular flexibility index (Phi) is 12.0. The number of piperidine rings is 1. The fourth-order valence-corrected chi connectivity index (χ4v) is 7.71. The maximum Gasteiger partial charge on any atom is 0.320 e. The summed E-state index contributed by atoms with van der Waals surface area (Å²) in [6.07, 6.45) is 10.6. The molecule has 2 aromatic carbocycles. The lowest BCUT2D eigenvalue weighted by molar-refractivity contribution is 0.141. The van der Waals surface area contributed by atoms with Crippen molar-refractivity contribution in [3.8, 4) is 5.75 Å². The number of hydrogen-bond acceptors (Lipinski definition) is 9. The second-order valence-electron chi connectivity index (χ2n) is 16.2. The van der Waals surface area contributed by atoms with Gasteiger partial charge in [0.1, 0.15) is 17.7 Å². The summed E-state index contributed by atoms with van der Waals surface area (Å²) >= 11 is 0. The van der Waals surface area contributed by atoms with E-state index in [1.54, 1.807) is 6.08 Å². The number of aromatic nitrogens is 3. The van der Waals surface area contributed by atoms with Crippen LogP contribution in [0.1, 0.15) is 95.1 Å². The number of benzene rings is 2. The number of amides is 2. The molecule has 3 atom stereocenters. The molecule has 2 fully saturated rings. The zero-order chi connectivity index (χ0) is 38.4. The molecule has 0 spiro atoms. The second kappa shape index (κ2) is 17.2. The fraction of sp³-hybridized carbons (Fsp3) is 0.488. The van der Waals surface area contributed by atoms with Crippen LogP contribution in [0.15, 0.2) is 83.6 Å². The number of amidine groups is 1. The van der Waals surface area contributed by atoms with E-state index < -0.39 is 0 Å². The molecule has 0 radical (unpaired) electrons. The number of allylic oxidation sites excluding steroid dienone is 1. The number of hydrogen-bond donors (Lipinski definition) is 3. The van der Waals surface area contributed by atoms with Gasteiger partial charge in [0.15, 0.2) is 5.65 Å². The summed E-state index contributed by atoms with van der Waals surface area (Å²) in [6, 6.07) is 20.2. The Bertz CT molecular complexity index is 1990. The Hall–Kier alpha value is -4.94. The van der Waals surface area contributed by atoms with E-state index in [-0.39, 0.29) is 23.6 Å². The van der Waals surface area contributed by atoms with E-state index in [9.17, 15) is 4.79 Å². The number of nitrogens with zero attached hydrogens (tertiary/aromatic N) is 6. The van der Waals surface area contributed by atoms with Crippen LogP contribution in [0.5, 0.6) is 5.75 Å². The van der Waals surface area contributed by atoms with Gasteiger partial charge in [0.05, 0.1) is 24.5 Å². The molecule has 55 heavy (non-hydrogen) atoms. The van der Waals surface area contributed by atoms with Crippen LogP contribution in [0, 0.1) is 5.41 Å². The molecule has 2 aromatic heterocycles. The normalized spacial score (nSPS) is 21.5. The number of anilines is 1. The molecule has 2 aliphatic heterocycles. The van der Waals surface area contributed by atoms with Gasteiger partial charge in [0, 0.05) is 56.0 Å². The van der Waals surface area contributed by atoms with Crippen LogP contribution in [0.4, 0.5) is 16.4 Å². The lowest BCUT2D eigenvalue weighted by atomic mass is 9.85. The zero-order valence-corrected chi connectivity index (χ0v) is 32.8. The quantitative estimate of drug-likeness (QED) is 0.121. The average molecular weight is 748 g/mol. The number of nitrogens with one attached hydrogen (secondary N) is 2. The van der Waals surface area contributed by atoms with Gasteiger partial charge in [0.25, 0.3) is 0 Å². The second-order valence-corrected chi connectivity index (χ2v) is 16.2. The molecule has 4 heterocycles. The molecule has 0 bridgehead atoms. The molecular formula is C43H57N9O3. The zero-order valence-electron chi connectivity index (χ0n) is 32.8. The predicted molar refractivity (Wildman–Crippen MR) is 218 cm³/mol. The number of fused-ring (bicyclic) bond motifs is 2. The highest BCUT2D eigenvalue weighted by Crippen LogP contribution is 2.39. The number of carbonyl (C=O) groups excluding carboxylic acids is 1. The minimum atomic E-state index is -0.340. The van der Waals surface area contributed by atoms with Crippen molar-refractivity contribution in [1.82, 2.24) is 30.1 Å². The Morgan fingerprint density at radius 2 is 1.84 bits per heavy atom. The predicted octanol–water partition coefficient (Wildman–Crippen LogP) is 7.25. The summed E-state index contributed by atoms with van der Waals surface area (Å²) in [5.41, 5.74) is 11.7. The van der Waals surface area contributed by atoms with Crippen LogP contribution >= 0.6 is 0 Å². The minimum Gasteiger partial charge on any atom is -0.484 e. The average Bonchev–Trinajstić information content (AvgIpc) is 3.40. The van der Waals surface area contributed by atoms with Crippen molar-refractivity contribution in [2.75, 3.05) is 44.3 Å². The number of rotatable bonds is 9. The van der Waals surface area contributed by atoms with Crippen LogP contribution in [0.2, 0.25) is 0 Å². The first kappa shape index (κ1) is 38.3. The van der Waals surface area contributed by atoms with E-state index >= 15 is 0 Å². The van der Waals surface area contributed by atoms with E-state index in [1.807, 2.05) is 67.8 Å². The third-order valence-electron chi connectivity index (χ3n) is 11.0. The van der Waals surface area contributed by atoms with Gasteiger partial charge in [-0.15, -0.1) is 10.2 Å². The third-order valence-corrected chi connectivity index (χ3v) is 11.0. The lowest BCUT2D eigenvalue weighted by Crippen LogP contribution is -2.42. The van der Waals surface area contributed by atoms with Gasteiger partial charge in [-0.3, -0.25) is 9.72 Å². The molecule has 292 valence electrons.